The molecule has 1 N–H and O–H groups in total. The number of allylic oxidation sites excluding steroid dienone is 1. The van der Waals surface area contributed by atoms with Crippen LogP contribution in [0.25, 0.3) is 0 Å². The highest BCUT2D eigenvalue weighted by Crippen LogP contribution is 2.43. The Morgan fingerprint density at radius 2 is 1.06 bits per heavy atom. The molecule has 8 nitrogen and oxygen atoms in total. The third kappa shape index (κ3) is 38.1. The summed E-state index contributed by atoms with van der Waals surface area (Å²) in [5.74, 6) is -0.334. The Balaban J connectivity index is 4.31. The highest BCUT2D eigenvalue weighted by atomic mass is 31.2. The van der Waals surface area contributed by atoms with E-state index in [0.29, 0.717) is 17.4 Å². The van der Waals surface area contributed by atoms with Crippen molar-refractivity contribution in [2.75, 3.05) is 47.5 Å². The third-order valence-corrected chi connectivity index (χ3v) is 9.91. The molecule has 9 heteroatoms. The summed E-state index contributed by atoms with van der Waals surface area (Å²) in [5.41, 5.74) is 0. The number of carbonyl (C=O) groups is 1. The van der Waals surface area contributed by atoms with E-state index in [9.17, 15) is 14.3 Å². The molecular formula is C40H81NO7P+. The topological polar surface area (TPSA) is 91.3 Å². The van der Waals surface area contributed by atoms with E-state index in [2.05, 4.69) is 13.8 Å². The fourth-order valence-corrected chi connectivity index (χ4v) is 6.44. The van der Waals surface area contributed by atoms with E-state index in [1.165, 1.54) is 135 Å². The van der Waals surface area contributed by atoms with E-state index in [1.54, 1.807) is 6.26 Å². The molecule has 0 rings (SSSR count). The molecule has 0 aromatic carbocycles. The SMILES string of the molecule is CCCCCCCCCCCCCC/C=C\OC[C@H](COP(=O)(O)OCC[N+](C)(C)C)OC(=O)CCCCCCCCCCCCCCC. The first-order valence-electron chi connectivity index (χ1n) is 20.5. The van der Waals surface area contributed by atoms with Crippen LogP contribution in [-0.2, 0) is 27.9 Å². The van der Waals surface area contributed by atoms with Crippen LogP contribution < -0.4 is 0 Å². The highest BCUT2D eigenvalue weighted by molar-refractivity contribution is 7.47. The minimum absolute atomic E-state index is 0.0537. The van der Waals surface area contributed by atoms with Crippen LogP contribution in [0.15, 0.2) is 12.3 Å². The number of nitrogens with zero attached hydrogens (tertiary/aromatic N) is 1. The monoisotopic (exact) mass is 719 g/mol. The van der Waals surface area contributed by atoms with Crippen molar-refractivity contribution < 1.29 is 37.3 Å². The number of esters is 1. The van der Waals surface area contributed by atoms with Crippen LogP contribution in [0.3, 0.4) is 0 Å². The maximum atomic E-state index is 12.6. The van der Waals surface area contributed by atoms with E-state index in [-0.39, 0.29) is 25.8 Å². The molecule has 49 heavy (non-hydrogen) atoms. The summed E-state index contributed by atoms with van der Waals surface area (Å²) in [6.45, 7) is 4.94. The fourth-order valence-electron chi connectivity index (χ4n) is 5.69. The molecule has 0 aliphatic heterocycles. The van der Waals surface area contributed by atoms with Gasteiger partial charge in [0.15, 0.2) is 6.10 Å². The molecule has 0 saturated carbocycles. The van der Waals surface area contributed by atoms with Crippen molar-refractivity contribution in [2.24, 2.45) is 0 Å². The number of ether oxygens (including phenoxy) is 2. The van der Waals surface area contributed by atoms with Crippen molar-refractivity contribution in [1.29, 1.82) is 0 Å². The van der Waals surface area contributed by atoms with E-state index in [0.717, 1.165) is 32.1 Å². The summed E-state index contributed by atoms with van der Waals surface area (Å²) in [6, 6.07) is 0. The van der Waals surface area contributed by atoms with Crippen LogP contribution in [0.2, 0.25) is 0 Å². The van der Waals surface area contributed by atoms with Gasteiger partial charge in [-0.15, -0.1) is 0 Å². The Bertz CT molecular complexity index is 802. The summed E-state index contributed by atoms with van der Waals surface area (Å²) < 4.78 is 34.7. The summed E-state index contributed by atoms with van der Waals surface area (Å²) in [5, 5.41) is 0. The molecule has 0 aromatic heterocycles. The normalized spacial score (nSPS) is 13.9. The fraction of sp³-hybridized carbons (Fsp3) is 0.925. The summed E-state index contributed by atoms with van der Waals surface area (Å²) in [7, 11) is 1.65. The molecule has 2 atom stereocenters. The predicted molar refractivity (Wildman–Crippen MR) is 206 cm³/mol. The number of likely N-dealkylation sites (N-methyl/N-ethyl adjacent to an activating group) is 1. The van der Waals surface area contributed by atoms with Gasteiger partial charge < -0.3 is 18.9 Å². The number of quaternary nitrogens is 1. The number of unbranched alkanes of at least 4 members (excludes halogenated alkanes) is 24. The lowest BCUT2D eigenvalue weighted by atomic mass is 10.0. The molecule has 0 bridgehead atoms. The Labute approximate surface area is 303 Å². The minimum Gasteiger partial charge on any atom is -0.498 e. The number of phosphoric ester groups is 1. The van der Waals surface area contributed by atoms with E-state index < -0.39 is 13.9 Å². The standard InChI is InChI=1S/C40H80NO7P/c1-6-8-10-12-14-16-18-20-22-24-26-28-30-32-35-45-37-39(38-47-49(43,44)46-36-34-41(3,4)5)48-40(42)33-31-29-27-25-23-21-19-17-15-13-11-9-7-2/h32,35,39H,6-31,33-34,36-38H2,1-5H3/p+1/b35-32-/t39-/m1/s1. The van der Waals surface area contributed by atoms with Gasteiger partial charge in [-0.3, -0.25) is 13.8 Å². The Morgan fingerprint density at radius 1 is 0.633 bits per heavy atom. The third-order valence-electron chi connectivity index (χ3n) is 8.92. The zero-order chi connectivity index (χ0) is 36.3. The number of phosphoric acid groups is 1. The molecule has 0 radical (unpaired) electrons. The summed E-state index contributed by atoms with van der Waals surface area (Å²) >= 11 is 0. The molecule has 0 spiro atoms. The first kappa shape index (κ1) is 48.1. The molecule has 0 aliphatic rings. The van der Waals surface area contributed by atoms with Crippen LogP contribution in [0.5, 0.6) is 0 Å². The Hall–Kier alpha value is -0.920. The van der Waals surface area contributed by atoms with Crippen molar-refractivity contribution >= 4 is 13.8 Å². The van der Waals surface area contributed by atoms with Crippen LogP contribution >= 0.6 is 7.82 Å². The van der Waals surface area contributed by atoms with Crippen molar-refractivity contribution in [3.8, 4) is 0 Å². The number of rotatable bonds is 38. The minimum atomic E-state index is -4.28. The van der Waals surface area contributed by atoms with Crippen molar-refractivity contribution in [1.82, 2.24) is 0 Å². The van der Waals surface area contributed by atoms with E-state index in [4.69, 9.17) is 18.5 Å². The second-order valence-corrected chi connectivity index (χ2v) is 16.6. The van der Waals surface area contributed by atoms with Crippen LogP contribution in [0, 0.1) is 0 Å². The molecule has 0 aromatic rings. The first-order chi connectivity index (χ1) is 23.6. The quantitative estimate of drug-likeness (QED) is 0.0223. The zero-order valence-electron chi connectivity index (χ0n) is 32.9. The van der Waals surface area contributed by atoms with Crippen LogP contribution in [0.4, 0.5) is 0 Å². The number of carbonyl (C=O) groups excluding carboxylic acids is 1. The maximum absolute atomic E-state index is 12.6. The average molecular weight is 719 g/mol. The summed E-state index contributed by atoms with van der Waals surface area (Å²) in [4.78, 5) is 22.8. The zero-order valence-corrected chi connectivity index (χ0v) is 33.8. The molecule has 292 valence electrons. The van der Waals surface area contributed by atoms with Crippen molar-refractivity contribution in [3.05, 3.63) is 12.3 Å². The Kier molecular flexibility index (Phi) is 33.5. The molecule has 0 aliphatic carbocycles. The maximum Gasteiger partial charge on any atom is 0.472 e. The van der Waals surface area contributed by atoms with Crippen molar-refractivity contribution in [2.45, 2.75) is 193 Å². The highest BCUT2D eigenvalue weighted by Gasteiger charge is 2.26. The second kappa shape index (κ2) is 34.2. The molecule has 0 heterocycles. The Morgan fingerprint density at radius 3 is 1.51 bits per heavy atom. The number of hydrogen-bond acceptors (Lipinski definition) is 6. The molecular weight excluding hydrogens is 637 g/mol. The smallest absolute Gasteiger partial charge is 0.472 e. The van der Waals surface area contributed by atoms with Gasteiger partial charge in [-0.25, -0.2) is 4.57 Å². The van der Waals surface area contributed by atoms with Gasteiger partial charge in [0.1, 0.15) is 19.8 Å². The lowest BCUT2D eigenvalue weighted by Gasteiger charge is -2.24. The van der Waals surface area contributed by atoms with Gasteiger partial charge in [-0.05, 0) is 25.3 Å². The van der Waals surface area contributed by atoms with Gasteiger partial charge in [0.25, 0.3) is 0 Å². The molecule has 1 unspecified atom stereocenters. The second-order valence-electron chi connectivity index (χ2n) is 15.1. The average Bonchev–Trinajstić information content (AvgIpc) is 3.04. The van der Waals surface area contributed by atoms with Gasteiger partial charge in [0.05, 0.1) is 34.0 Å². The van der Waals surface area contributed by atoms with Gasteiger partial charge in [-0.2, -0.15) is 0 Å². The van der Waals surface area contributed by atoms with Gasteiger partial charge in [0, 0.05) is 6.42 Å². The van der Waals surface area contributed by atoms with Gasteiger partial charge in [-0.1, -0.05) is 162 Å². The van der Waals surface area contributed by atoms with E-state index >= 15 is 0 Å². The first-order valence-corrected chi connectivity index (χ1v) is 22.0. The summed E-state index contributed by atoms with van der Waals surface area (Å²) in [6.07, 6.45) is 36.1. The lowest BCUT2D eigenvalue weighted by molar-refractivity contribution is -0.870. The molecule has 0 saturated heterocycles. The lowest BCUT2D eigenvalue weighted by Crippen LogP contribution is -2.37. The van der Waals surface area contributed by atoms with Crippen LogP contribution in [0.1, 0.15) is 187 Å². The molecule has 0 amide bonds. The van der Waals surface area contributed by atoms with Gasteiger partial charge in [0.2, 0.25) is 0 Å². The van der Waals surface area contributed by atoms with Crippen molar-refractivity contribution in [3.63, 3.8) is 0 Å². The largest absolute Gasteiger partial charge is 0.498 e. The van der Waals surface area contributed by atoms with E-state index in [1.807, 2.05) is 27.2 Å². The predicted octanol–water partition coefficient (Wildman–Crippen LogP) is 11.8. The van der Waals surface area contributed by atoms with Crippen LogP contribution in [-0.4, -0.2) is 69.0 Å². The number of hydrogen-bond donors (Lipinski definition) is 1. The van der Waals surface area contributed by atoms with Gasteiger partial charge >= 0.3 is 13.8 Å². The molecule has 0 fully saturated rings.